The highest BCUT2D eigenvalue weighted by atomic mass is 79.9. The van der Waals surface area contributed by atoms with E-state index < -0.39 is 0 Å². The lowest BCUT2D eigenvalue weighted by atomic mass is 9.94. The van der Waals surface area contributed by atoms with Crippen LogP contribution in [0.3, 0.4) is 0 Å². The summed E-state index contributed by atoms with van der Waals surface area (Å²) in [7, 11) is 5.68. The first kappa shape index (κ1) is 14.7. The number of nitrogens with one attached hydrogen (secondary N) is 1. The van der Waals surface area contributed by atoms with E-state index in [1.165, 1.54) is 5.69 Å². The molecule has 0 aliphatic carbocycles. The van der Waals surface area contributed by atoms with Gasteiger partial charge in [-0.25, -0.2) is 0 Å². The lowest BCUT2D eigenvalue weighted by molar-refractivity contribution is -0.00845. The molecule has 98 valence electrons. The van der Waals surface area contributed by atoms with E-state index in [0.29, 0.717) is 0 Å². The van der Waals surface area contributed by atoms with Crippen molar-refractivity contribution in [3.05, 3.63) is 15.9 Å². The maximum atomic E-state index is 5.54. The first-order valence-corrected chi connectivity index (χ1v) is 6.53. The zero-order chi connectivity index (χ0) is 13.2. The number of hydrogen-bond donors (Lipinski definition) is 1. The van der Waals surface area contributed by atoms with Gasteiger partial charge in [0.15, 0.2) is 0 Å². The first-order valence-electron chi connectivity index (χ1n) is 5.73. The van der Waals surface area contributed by atoms with E-state index in [1.807, 2.05) is 25.7 Å². The zero-order valence-electron chi connectivity index (χ0n) is 11.5. The van der Waals surface area contributed by atoms with Gasteiger partial charge in [0, 0.05) is 26.6 Å². The Labute approximate surface area is 112 Å². The van der Waals surface area contributed by atoms with Crippen molar-refractivity contribution in [2.24, 2.45) is 7.05 Å². The summed E-state index contributed by atoms with van der Waals surface area (Å²) in [6, 6.07) is 0.235. The van der Waals surface area contributed by atoms with Crippen LogP contribution in [-0.4, -0.2) is 35.6 Å². The van der Waals surface area contributed by atoms with Crippen LogP contribution in [0.15, 0.2) is 4.47 Å². The van der Waals surface area contributed by atoms with Gasteiger partial charge in [-0.1, -0.05) is 0 Å². The fourth-order valence-electron chi connectivity index (χ4n) is 1.93. The topological polar surface area (TPSA) is 39.1 Å². The first-order chi connectivity index (χ1) is 7.83. The Balaban J connectivity index is 2.96. The summed E-state index contributed by atoms with van der Waals surface area (Å²) in [5.41, 5.74) is 1.99. The average Bonchev–Trinajstić information content (AvgIpc) is 2.51. The number of rotatable bonds is 5. The molecule has 0 bridgehead atoms. The van der Waals surface area contributed by atoms with E-state index in [4.69, 9.17) is 4.74 Å². The maximum Gasteiger partial charge on any atom is 0.0778 e. The lowest BCUT2D eigenvalue weighted by Crippen LogP contribution is -2.48. The summed E-state index contributed by atoms with van der Waals surface area (Å²) in [5.74, 6) is 0. The summed E-state index contributed by atoms with van der Waals surface area (Å²) >= 11 is 3.60. The van der Waals surface area contributed by atoms with Crippen LogP contribution in [0.4, 0.5) is 0 Å². The molecule has 0 aromatic carbocycles. The van der Waals surface area contributed by atoms with E-state index >= 15 is 0 Å². The summed E-state index contributed by atoms with van der Waals surface area (Å²) in [5, 5.41) is 7.73. The lowest BCUT2D eigenvalue weighted by Gasteiger charge is -2.33. The van der Waals surface area contributed by atoms with Gasteiger partial charge in [-0.15, -0.1) is 0 Å². The molecule has 0 amide bonds. The predicted octanol–water partition coefficient (Wildman–Crippen LogP) is 2.05. The van der Waals surface area contributed by atoms with Crippen LogP contribution < -0.4 is 5.32 Å². The van der Waals surface area contributed by atoms with Crippen LogP contribution in [0.25, 0.3) is 0 Å². The van der Waals surface area contributed by atoms with E-state index in [1.54, 1.807) is 7.11 Å². The quantitative estimate of drug-likeness (QED) is 0.905. The minimum Gasteiger partial charge on any atom is -0.377 e. The maximum absolute atomic E-state index is 5.54. The number of ether oxygens (including phenoxy) is 1. The van der Waals surface area contributed by atoms with Crippen molar-refractivity contribution in [1.29, 1.82) is 0 Å². The highest BCUT2D eigenvalue weighted by molar-refractivity contribution is 9.10. The third-order valence-electron chi connectivity index (χ3n) is 3.37. The second-order valence-electron chi connectivity index (χ2n) is 4.82. The Hall–Kier alpha value is -0.390. The predicted molar refractivity (Wildman–Crippen MR) is 73.3 cm³/mol. The SMILES string of the molecule is CNC(Cc1c(Br)c(C)nn1C)C(C)(C)OC. The molecule has 1 N–H and O–H groups in total. The van der Waals surface area contributed by atoms with E-state index in [9.17, 15) is 0 Å². The average molecular weight is 304 g/mol. The summed E-state index contributed by atoms with van der Waals surface area (Å²) in [6.07, 6.45) is 0.870. The molecule has 0 aliphatic heterocycles. The van der Waals surface area contributed by atoms with Crippen molar-refractivity contribution in [2.45, 2.75) is 38.8 Å². The molecule has 0 spiro atoms. The van der Waals surface area contributed by atoms with Gasteiger partial charge in [0.05, 0.1) is 21.5 Å². The molecule has 1 unspecified atom stereocenters. The molecule has 5 heteroatoms. The van der Waals surface area contributed by atoms with Gasteiger partial charge in [-0.2, -0.15) is 5.10 Å². The third kappa shape index (κ3) is 3.09. The van der Waals surface area contributed by atoms with Gasteiger partial charge in [-0.3, -0.25) is 4.68 Å². The van der Waals surface area contributed by atoms with Crippen LogP contribution in [0.1, 0.15) is 25.2 Å². The number of aromatic nitrogens is 2. The molecule has 0 fully saturated rings. The molecule has 0 radical (unpaired) electrons. The fourth-order valence-corrected chi connectivity index (χ4v) is 2.43. The number of nitrogens with zero attached hydrogens (tertiary/aromatic N) is 2. The van der Waals surface area contributed by atoms with Crippen LogP contribution in [0.5, 0.6) is 0 Å². The second kappa shape index (κ2) is 5.50. The molecule has 1 heterocycles. The van der Waals surface area contributed by atoms with Crippen LogP contribution in [0, 0.1) is 6.92 Å². The molecule has 1 rings (SSSR count). The Morgan fingerprint density at radius 2 is 2.12 bits per heavy atom. The Bertz CT molecular complexity index is 387. The molecule has 1 aromatic rings. The minimum atomic E-state index is -0.216. The van der Waals surface area contributed by atoms with Crippen molar-refractivity contribution >= 4 is 15.9 Å². The van der Waals surface area contributed by atoms with Crippen molar-refractivity contribution in [2.75, 3.05) is 14.2 Å². The number of aryl methyl sites for hydroxylation is 2. The van der Waals surface area contributed by atoms with Gasteiger partial charge >= 0.3 is 0 Å². The van der Waals surface area contributed by atoms with Crippen LogP contribution in [0.2, 0.25) is 0 Å². The number of methoxy groups -OCH3 is 1. The summed E-state index contributed by atoms with van der Waals surface area (Å²) < 4.78 is 8.56. The van der Waals surface area contributed by atoms with Gasteiger partial charge in [0.25, 0.3) is 0 Å². The molecule has 1 aromatic heterocycles. The van der Waals surface area contributed by atoms with Crippen molar-refractivity contribution in [3.63, 3.8) is 0 Å². The van der Waals surface area contributed by atoms with Crippen LogP contribution in [-0.2, 0) is 18.2 Å². The molecule has 0 aliphatic rings. The van der Waals surface area contributed by atoms with E-state index in [0.717, 1.165) is 16.6 Å². The van der Waals surface area contributed by atoms with E-state index in [-0.39, 0.29) is 11.6 Å². The molecule has 0 saturated heterocycles. The molecule has 0 saturated carbocycles. The number of likely N-dealkylation sites (N-methyl/N-ethyl adjacent to an activating group) is 1. The number of halogens is 1. The van der Waals surface area contributed by atoms with Crippen molar-refractivity contribution < 1.29 is 4.74 Å². The Kier molecular flexibility index (Phi) is 4.75. The molecular weight excluding hydrogens is 282 g/mol. The fraction of sp³-hybridized carbons (Fsp3) is 0.750. The van der Waals surface area contributed by atoms with Gasteiger partial charge in [-0.05, 0) is 43.7 Å². The second-order valence-corrected chi connectivity index (χ2v) is 5.62. The highest BCUT2D eigenvalue weighted by Gasteiger charge is 2.29. The monoisotopic (exact) mass is 303 g/mol. The molecule has 4 nitrogen and oxygen atoms in total. The zero-order valence-corrected chi connectivity index (χ0v) is 13.1. The van der Waals surface area contributed by atoms with Crippen molar-refractivity contribution in [1.82, 2.24) is 15.1 Å². The van der Waals surface area contributed by atoms with Gasteiger partial charge in [0.1, 0.15) is 0 Å². The standard InChI is InChI=1S/C12H22BrN3O/c1-8-11(13)9(16(5)15-8)7-10(14-4)12(2,3)17-6/h10,14H,7H2,1-6H3. The number of hydrogen-bond acceptors (Lipinski definition) is 3. The van der Waals surface area contributed by atoms with E-state index in [2.05, 4.69) is 40.2 Å². The Morgan fingerprint density at radius 1 is 1.53 bits per heavy atom. The highest BCUT2D eigenvalue weighted by Crippen LogP contribution is 2.25. The normalized spacial score (nSPS) is 14.1. The minimum absolute atomic E-state index is 0.216. The van der Waals surface area contributed by atoms with Gasteiger partial charge in [0.2, 0.25) is 0 Å². The largest absolute Gasteiger partial charge is 0.377 e. The molecular formula is C12H22BrN3O. The summed E-state index contributed by atoms with van der Waals surface area (Å²) in [4.78, 5) is 0. The third-order valence-corrected chi connectivity index (χ3v) is 4.40. The van der Waals surface area contributed by atoms with Gasteiger partial charge < -0.3 is 10.1 Å². The van der Waals surface area contributed by atoms with Crippen LogP contribution >= 0.6 is 15.9 Å². The smallest absolute Gasteiger partial charge is 0.0778 e. The van der Waals surface area contributed by atoms with Crippen molar-refractivity contribution in [3.8, 4) is 0 Å². The molecule has 1 atom stereocenters. The Morgan fingerprint density at radius 3 is 2.47 bits per heavy atom. The molecule has 17 heavy (non-hydrogen) atoms. The summed E-state index contributed by atoms with van der Waals surface area (Å²) in [6.45, 7) is 6.18.